The number of phosphoric ester groups is 1. The Bertz CT molecular complexity index is 938. The van der Waals surface area contributed by atoms with Gasteiger partial charge in [0.25, 0.3) is 0 Å². The number of likely N-dealkylation sites (N-methyl/N-ethyl adjacent to an activating group) is 1. The molecule has 0 aliphatic carbocycles. The van der Waals surface area contributed by atoms with Crippen LogP contribution in [0, 0.1) is 0 Å². The maximum atomic E-state index is 12.8. The third-order valence-electron chi connectivity index (χ3n) is 9.74. The van der Waals surface area contributed by atoms with Crippen molar-refractivity contribution in [1.82, 2.24) is 0 Å². The van der Waals surface area contributed by atoms with E-state index in [-0.39, 0.29) is 32.0 Å². The summed E-state index contributed by atoms with van der Waals surface area (Å²) in [5, 5.41) is 0. The molecule has 322 valence electrons. The van der Waals surface area contributed by atoms with Crippen LogP contribution in [0.5, 0.6) is 0 Å². The van der Waals surface area contributed by atoms with Crippen LogP contribution >= 0.6 is 39.7 Å². The van der Waals surface area contributed by atoms with Gasteiger partial charge in [0.15, 0.2) is 6.10 Å². The Morgan fingerprint density at radius 3 is 1.43 bits per heavy atom. The molecule has 0 fully saturated rings. The van der Waals surface area contributed by atoms with Crippen LogP contribution in [0.15, 0.2) is 0 Å². The van der Waals surface area contributed by atoms with Crippen LogP contribution in [0.4, 0.5) is 0 Å². The number of carbonyl (C=O) groups is 2. The lowest BCUT2D eigenvalue weighted by Gasteiger charge is -2.24. The maximum Gasteiger partial charge on any atom is 0.472 e. The smallest absolute Gasteiger partial charge is 0.462 e. The van der Waals surface area contributed by atoms with Gasteiger partial charge >= 0.3 is 19.8 Å². The minimum atomic E-state index is -4.39. The lowest BCUT2D eigenvalue weighted by molar-refractivity contribution is -0.870. The van der Waals surface area contributed by atoms with E-state index < -0.39 is 26.5 Å². The van der Waals surface area contributed by atoms with Gasteiger partial charge in [-0.2, -0.15) is 0 Å². The molecule has 0 radical (unpaired) electrons. The fourth-order valence-electron chi connectivity index (χ4n) is 6.17. The van der Waals surface area contributed by atoms with Gasteiger partial charge in [0.05, 0.1) is 27.7 Å². The summed E-state index contributed by atoms with van der Waals surface area (Å²) in [7, 11) is 1.46. The molecule has 9 nitrogen and oxygen atoms in total. The van der Waals surface area contributed by atoms with E-state index in [0.717, 1.165) is 38.5 Å². The monoisotopic (exact) mass is 918 g/mol. The van der Waals surface area contributed by atoms with Gasteiger partial charge in [-0.25, -0.2) is 4.57 Å². The van der Waals surface area contributed by atoms with Gasteiger partial charge < -0.3 is 18.9 Å². The molecular weight excluding hydrogens is 837 g/mol. The molecule has 0 spiro atoms. The van der Waals surface area contributed by atoms with Crippen molar-refractivity contribution >= 4 is 51.6 Å². The molecule has 4 atom stereocenters. The number of alkyl halides is 2. The summed E-state index contributed by atoms with van der Waals surface area (Å²) < 4.78 is 34.4. The summed E-state index contributed by atoms with van der Waals surface area (Å²) in [5.41, 5.74) is 0. The van der Waals surface area contributed by atoms with E-state index in [4.69, 9.17) is 18.5 Å². The second kappa shape index (κ2) is 36.1. The van der Waals surface area contributed by atoms with Crippen LogP contribution in [0.25, 0.3) is 0 Å². The van der Waals surface area contributed by atoms with Crippen LogP contribution in [0.3, 0.4) is 0 Å². The Hall–Kier alpha value is -0.0300. The van der Waals surface area contributed by atoms with Crippen molar-refractivity contribution in [3.63, 3.8) is 0 Å². The van der Waals surface area contributed by atoms with E-state index >= 15 is 0 Å². The molecule has 0 heterocycles. The molecule has 0 rings (SSSR count). The van der Waals surface area contributed by atoms with Gasteiger partial charge in [0.1, 0.15) is 19.8 Å². The van der Waals surface area contributed by atoms with Gasteiger partial charge in [-0.3, -0.25) is 18.6 Å². The molecule has 0 aromatic carbocycles. The molecule has 4 unspecified atom stereocenters. The van der Waals surface area contributed by atoms with E-state index in [2.05, 4.69) is 45.7 Å². The first-order valence-corrected chi connectivity index (χ1v) is 25.2. The first kappa shape index (κ1) is 54.0. The van der Waals surface area contributed by atoms with Crippen molar-refractivity contribution in [2.24, 2.45) is 0 Å². The molecule has 12 heteroatoms. The van der Waals surface area contributed by atoms with Crippen LogP contribution < -0.4 is 0 Å². The largest absolute Gasteiger partial charge is 0.472 e. The molecule has 54 heavy (non-hydrogen) atoms. The van der Waals surface area contributed by atoms with Gasteiger partial charge in [-0.1, -0.05) is 187 Å². The zero-order valence-electron chi connectivity index (χ0n) is 35.3. The Morgan fingerprint density at radius 2 is 0.963 bits per heavy atom. The normalized spacial score (nSPS) is 14.7. The second-order valence-electron chi connectivity index (χ2n) is 16.3. The third-order valence-corrected chi connectivity index (χ3v) is 13.6. The minimum absolute atomic E-state index is 0.0266. The maximum absolute atomic E-state index is 12.8. The van der Waals surface area contributed by atoms with Crippen molar-refractivity contribution in [1.29, 1.82) is 0 Å². The highest BCUT2D eigenvalue weighted by Crippen LogP contribution is 2.43. The van der Waals surface area contributed by atoms with Crippen LogP contribution in [-0.4, -0.2) is 84.6 Å². The quantitative estimate of drug-likeness (QED) is 0.0213. The number of quaternary nitrogens is 1. The van der Waals surface area contributed by atoms with Crippen molar-refractivity contribution in [3.05, 3.63) is 0 Å². The molecule has 0 aromatic rings. The van der Waals surface area contributed by atoms with Crippen molar-refractivity contribution in [2.45, 2.75) is 209 Å². The van der Waals surface area contributed by atoms with Crippen LogP contribution in [0.2, 0.25) is 0 Å². The topological polar surface area (TPSA) is 108 Å². The van der Waals surface area contributed by atoms with Gasteiger partial charge in [0, 0.05) is 22.5 Å². The zero-order valence-corrected chi connectivity index (χ0v) is 39.4. The standard InChI is InChI=1S/C42H82Br2NO8P/c1-6-8-10-12-14-16-17-18-19-21-23-25-27-32-41(46)50-36-38(37-52-54(48,49)51-35-34-45(3,4)5)53-42(47)33-29-28-31-40(44)39(43)30-26-24-22-20-15-13-11-9-7-2/h38-40H,6-37H2,1-5H3/p+1. The minimum Gasteiger partial charge on any atom is -0.462 e. The Morgan fingerprint density at radius 1 is 0.574 bits per heavy atom. The van der Waals surface area contributed by atoms with E-state index in [9.17, 15) is 19.0 Å². The molecule has 0 aliphatic rings. The summed E-state index contributed by atoms with van der Waals surface area (Å²) in [4.78, 5) is 36.2. The Kier molecular flexibility index (Phi) is 36.1. The number of rotatable bonds is 40. The molecule has 0 saturated heterocycles. The molecule has 0 bridgehead atoms. The predicted octanol–water partition coefficient (Wildman–Crippen LogP) is 12.8. The predicted molar refractivity (Wildman–Crippen MR) is 232 cm³/mol. The van der Waals surface area contributed by atoms with E-state index in [1.165, 1.54) is 122 Å². The molecule has 0 aliphatic heterocycles. The lowest BCUT2D eigenvalue weighted by atomic mass is 10.0. The van der Waals surface area contributed by atoms with E-state index in [0.29, 0.717) is 27.1 Å². The van der Waals surface area contributed by atoms with Crippen molar-refractivity contribution < 1.29 is 42.1 Å². The number of phosphoric acid groups is 1. The highest BCUT2D eigenvalue weighted by Gasteiger charge is 2.27. The summed E-state index contributed by atoms with van der Waals surface area (Å²) in [6.07, 6.45) is 30.8. The average Bonchev–Trinajstić information content (AvgIpc) is 3.11. The second-order valence-corrected chi connectivity index (χ2v) is 20.1. The fourth-order valence-corrected chi connectivity index (χ4v) is 8.09. The van der Waals surface area contributed by atoms with Crippen molar-refractivity contribution in [2.75, 3.05) is 47.5 Å². The highest BCUT2D eigenvalue weighted by atomic mass is 79.9. The fraction of sp³-hybridized carbons (Fsp3) is 0.952. The van der Waals surface area contributed by atoms with Gasteiger partial charge in [0.2, 0.25) is 0 Å². The Labute approximate surface area is 349 Å². The SMILES string of the molecule is CCCCCCCCCCCCCCCC(=O)OCC(COP(=O)(O)OCC[N+](C)(C)C)OC(=O)CCCCC(Br)C(Br)CCCCCCCCCCC. The molecule has 0 amide bonds. The van der Waals surface area contributed by atoms with Gasteiger partial charge in [-0.15, -0.1) is 0 Å². The Balaban J connectivity index is 4.51. The number of carbonyl (C=O) groups excluding carboxylic acids is 2. The summed E-state index contributed by atoms with van der Waals surface area (Å²) in [6, 6.07) is 0. The number of nitrogens with zero attached hydrogens (tertiary/aromatic N) is 1. The van der Waals surface area contributed by atoms with Gasteiger partial charge in [-0.05, 0) is 25.7 Å². The van der Waals surface area contributed by atoms with Crippen molar-refractivity contribution in [3.8, 4) is 0 Å². The molecule has 0 aromatic heterocycles. The lowest BCUT2D eigenvalue weighted by Crippen LogP contribution is -2.37. The number of hydrogen-bond acceptors (Lipinski definition) is 7. The summed E-state index contributed by atoms with van der Waals surface area (Å²) in [6.45, 7) is 4.39. The number of unbranched alkanes of at least 4 members (excludes halogenated alkanes) is 21. The first-order valence-electron chi connectivity index (χ1n) is 21.8. The number of hydrogen-bond donors (Lipinski definition) is 1. The van der Waals surface area contributed by atoms with Crippen LogP contribution in [0.1, 0.15) is 194 Å². The highest BCUT2D eigenvalue weighted by molar-refractivity contribution is 9.12. The molecular formula is C42H83Br2NO8P+. The molecule has 1 N–H and O–H groups in total. The number of ether oxygens (including phenoxy) is 2. The van der Waals surface area contributed by atoms with E-state index in [1.807, 2.05) is 21.1 Å². The summed E-state index contributed by atoms with van der Waals surface area (Å²) in [5.74, 6) is -0.827. The van der Waals surface area contributed by atoms with E-state index in [1.54, 1.807) is 0 Å². The third kappa shape index (κ3) is 37.5. The summed E-state index contributed by atoms with van der Waals surface area (Å²) >= 11 is 7.68. The number of esters is 2. The van der Waals surface area contributed by atoms with Crippen LogP contribution in [-0.2, 0) is 32.7 Å². The molecule has 0 saturated carbocycles. The first-order chi connectivity index (χ1) is 25.8. The zero-order chi connectivity index (χ0) is 40.3. The number of halogens is 2. The average molecular weight is 921 g/mol.